The molecule has 5 rings (SSSR count). The van der Waals surface area contributed by atoms with Crippen LogP contribution in [0.3, 0.4) is 0 Å². The highest BCUT2D eigenvalue weighted by Gasteiger charge is 2.23. The molecule has 0 unspecified atom stereocenters. The molecule has 0 bridgehead atoms. The Bertz CT molecular complexity index is 1430. The molecule has 1 saturated heterocycles. The number of anilines is 2. The van der Waals surface area contributed by atoms with Crippen molar-refractivity contribution in [2.75, 3.05) is 36.5 Å². The number of rotatable bonds is 5. The minimum absolute atomic E-state index is 0.0382. The van der Waals surface area contributed by atoms with Gasteiger partial charge < -0.3 is 19.4 Å². The van der Waals surface area contributed by atoms with Gasteiger partial charge in [0.05, 0.1) is 18.1 Å². The predicted octanol–water partition coefficient (Wildman–Crippen LogP) is 3.76. The molecular weight excluding hydrogens is 484 g/mol. The maximum Gasteiger partial charge on any atom is 0.293 e. The summed E-state index contributed by atoms with van der Waals surface area (Å²) in [6.45, 7) is 2.06. The lowest BCUT2D eigenvalue weighted by atomic mass is 10.1. The molecular formula is C24H20N6O5S. The van der Waals surface area contributed by atoms with Crippen molar-refractivity contribution in [2.45, 2.75) is 0 Å². The zero-order valence-corrected chi connectivity index (χ0v) is 19.7. The van der Waals surface area contributed by atoms with Crippen LogP contribution in [0.1, 0.15) is 10.4 Å². The molecule has 12 heteroatoms. The van der Waals surface area contributed by atoms with Crippen LogP contribution in [0.25, 0.3) is 22.7 Å². The minimum atomic E-state index is -0.565. The van der Waals surface area contributed by atoms with E-state index in [0.717, 1.165) is 0 Å². The highest BCUT2D eigenvalue weighted by molar-refractivity contribution is 7.80. The van der Waals surface area contributed by atoms with Gasteiger partial charge >= 0.3 is 0 Å². The number of nitrogens with zero attached hydrogens (tertiary/aromatic N) is 4. The van der Waals surface area contributed by atoms with Gasteiger partial charge in [0.2, 0.25) is 5.89 Å². The van der Waals surface area contributed by atoms with E-state index in [-0.39, 0.29) is 16.4 Å². The van der Waals surface area contributed by atoms with Crippen LogP contribution in [0, 0.1) is 10.1 Å². The second kappa shape index (κ2) is 10.1. The molecule has 182 valence electrons. The molecule has 0 saturated carbocycles. The number of thiocarbonyl (C=S) groups is 1. The number of pyridine rings is 1. The molecule has 1 aliphatic rings. The maximum atomic E-state index is 12.8. The number of ether oxygens (including phenoxy) is 1. The third-order valence-corrected chi connectivity index (χ3v) is 5.75. The second-order valence-electron chi connectivity index (χ2n) is 7.89. The Morgan fingerprint density at radius 1 is 1.11 bits per heavy atom. The number of morpholine rings is 1. The molecule has 0 atom stereocenters. The summed E-state index contributed by atoms with van der Waals surface area (Å²) in [4.78, 5) is 34.4. The molecule has 1 amide bonds. The number of fused-ring (bicyclic) bond motifs is 1. The van der Waals surface area contributed by atoms with E-state index in [1.807, 2.05) is 11.0 Å². The van der Waals surface area contributed by atoms with E-state index in [9.17, 15) is 14.9 Å². The van der Waals surface area contributed by atoms with Gasteiger partial charge in [0.1, 0.15) is 5.69 Å². The first kappa shape index (κ1) is 23.3. The standard InChI is InChI=1S/C24H20N6O5S/c31-22(15-6-7-18(19(14-15)30(32)33)29-9-11-34-12-10-29)28-24(36)26-17-4-1-3-16(13-17)23-27-21-20(35-23)5-2-8-25-21/h1-8,13-14H,9-12H2,(H2,26,28,31,36). The molecule has 0 aliphatic carbocycles. The monoisotopic (exact) mass is 504 g/mol. The van der Waals surface area contributed by atoms with Crippen molar-refractivity contribution in [3.05, 3.63) is 76.5 Å². The number of aromatic nitrogens is 2. The molecule has 3 heterocycles. The van der Waals surface area contributed by atoms with E-state index in [4.69, 9.17) is 21.4 Å². The first-order valence-electron chi connectivity index (χ1n) is 11.0. The van der Waals surface area contributed by atoms with Crippen LogP contribution in [0.4, 0.5) is 17.1 Å². The van der Waals surface area contributed by atoms with E-state index in [0.29, 0.717) is 60.4 Å². The van der Waals surface area contributed by atoms with Gasteiger partial charge in [-0.05, 0) is 54.7 Å². The fraction of sp³-hybridized carbons (Fsp3) is 0.167. The quantitative estimate of drug-likeness (QED) is 0.235. The molecule has 36 heavy (non-hydrogen) atoms. The molecule has 2 N–H and O–H groups in total. The van der Waals surface area contributed by atoms with Crippen LogP contribution in [0.15, 0.2) is 65.2 Å². The number of nitrogens with one attached hydrogen (secondary N) is 2. The van der Waals surface area contributed by atoms with Gasteiger partial charge in [0.25, 0.3) is 11.6 Å². The summed E-state index contributed by atoms with van der Waals surface area (Å²) in [6.07, 6.45) is 1.64. The van der Waals surface area contributed by atoms with E-state index in [1.165, 1.54) is 12.1 Å². The van der Waals surface area contributed by atoms with Gasteiger partial charge in [-0.2, -0.15) is 4.98 Å². The number of hydrogen-bond donors (Lipinski definition) is 2. The van der Waals surface area contributed by atoms with Crippen LogP contribution in [0.5, 0.6) is 0 Å². The largest absolute Gasteiger partial charge is 0.434 e. The highest BCUT2D eigenvalue weighted by atomic mass is 32.1. The van der Waals surface area contributed by atoms with Gasteiger partial charge in [-0.25, -0.2) is 4.98 Å². The van der Waals surface area contributed by atoms with Crippen molar-refractivity contribution in [1.82, 2.24) is 15.3 Å². The molecule has 0 radical (unpaired) electrons. The van der Waals surface area contributed by atoms with Crippen LogP contribution in [-0.4, -0.2) is 52.2 Å². The summed E-state index contributed by atoms with van der Waals surface area (Å²) in [5.74, 6) is -0.166. The normalized spacial score (nSPS) is 13.4. The summed E-state index contributed by atoms with van der Waals surface area (Å²) in [7, 11) is 0. The third-order valence-electron chi connectivity index (χ3n) is 5.55. The van der Waals surface area contributed by atoms with Crippen molar-refractivity contribution in [1.29, 1.82) is 0 Å². The van der Waals surface area contributed by atoms with Crippen molar-refractivity contribution in [3.63, 3.8) is 0 Å². The summed E-state index contributed by atoms with van der Waals surface area (Å²) in [6, 6.07) is 15.1. The fourth-order valence-electron chi connectivity index (χ4n) is 3.84. The number of benzene rings is 2. The van der Waals surface area contributed by atoms with Crippen LogP contribution in [0.2, 0.25) is 0 Å². The summed E-state index contributed by atoms with van der Waals surface area (Å²) >= 11 is 5.29. The summed E-state index contributed by atoms with van der Waals surface area (Å²) in [5, 5.41) is 17.2. The Morgan fingerprint density at radius 2 is 1.94 bits per heavy atom. The predicted molar refractivity (Wildman–Crippen MR) is 137 cm³/mol. The van der Waals surface area contributed by atoms with E-state index < -0.39 is 10.8 Å². The summed E-state index contributed by atoms with van der Waals surface area (Å²) in [5.41, 5.74) is 2.79. The zero-order chi connectivity index (χ0) is 25.1. The lowest BCUT2D eigenvalue weighted by Gasteiger charge is -2.28. The van der Waals surface area contributed by atoms with E-state index in [2.05, 4.69) is 20.6 Å². The highest BCUT2D eigenvalue weighted by Crippen LogP contribution is 2.30. The van der Waals surface area contributed by atoms with Crippen molar-refractivity contribution in [3.8, 4) is 11.5 Å². The molecule has 4 aromatic rings. The Kier molecular flexibility index (Phi) is 6.52. The number of carbonyl (C=O) groups excluding carboxylic acids is 1. The Hall–Kier alpha value is -4.42. The van der Waals surface area contributed by atoms with E-state index >= 15 is 0 Å². The SMILES string of the molecule is O=C(NC(=S)Nc1cccc(-c2nc3ncccc3o2)c1)c1ccc(N2CCOCC2)c([N+](=O)[O-])c1. The van der Waals surface area contributed by atoms with Crippen LogP contribution >= 0.6 is 12.2 Å². The third kappa shape index (κ3) is 4.99. The molecule has 2 aromatic carbocycles. The van der Waals surface area contributed by atoms with Gasteiger partial charge in [0.15, 0.2) is 16.3 Å². The molecule has 1 aliphatic heterocycles. The number of carbonyl (C=O) groups is 1. The average Bonchev–Trinajstić information content (AvgIpc) is 3.33. The number of nitro benzene ring substituents is 1. The first-order chi connectivity index (χ1) is 17.5. The van der Waals surface area contributed by atoms with Gasteiger partial charge in [-0.15, -0.1) is 0 Å². The molecule has 0 spiro atoms. The number of oxazole rings is 1. The van der Waals surface area contributed by atoms with Gasteiger partial charge in [-0.3, -0.25) is 20.2 Å². The molecule has 1 fully saturated rings. The van der Waals surface area contributed by atoms with Crippen LogP contribution in [-0.2, 0) is 4.74 Å². The number of hydrogen-bond acceptors (Lipinski definition) is 9. The van der Waals surface area contributed by atoms with Crippen molar-refractivity contribution < 1.29 is 18.9 Å². The fourth-order valence-corrected chi connectivity index (χ4v) is 4.05. The zero-order valence-electron chi connectivity index (χ0n) is 18.8. The van der Waals surface area contributed by atoms with Crippen LogP contribution < -0.4 is 15.5 Å². The van der Waals surface area contributed by atoms with E-state index in [1.54, 1.807) is 42.6 Å². The Morgan fingerprint density at radius 3 is 2.72 bits per heavy atom. The summed E-state index contributed by atoms with van der Waals surface area (Å²) < 4.78 is 11.1. The molecule has 2 aromatic heterocycles. The Labute approximate surface area is 210 Å². The second-order valence-corrected chi connectivity index (χ2v) is 8.30. The van der Waals surface area contributed by atoms with Gasteiger partial charge in [0, 0.05) is 42.2 Å². The number of nitro groups is 1. The lowest BCUT2D eigenvalue weighted by Crippen LogP contribution is -2.37. The maximum absolute atomic E-state index is 12.8. The van der Waals surface area contributed by atoms with Gasteiger partial charge in [-0.1, -0.05) is 6.07 Å². The van der Waals surface area contributed by atoms with Crippen molar-refractivity contribution in [2.24, 2.45) is 0 Å². The minimum Gasteiger partial charge on any atom is -0.434 e. The average molecular weight is 505 g/mol. The topological polar surface area (TPSA) is 136 Å². The smallest absolute Gasteiger partial charge is 0.293 e. The number of amides is 1. The Balaban J connectivity index is 1.28. The first-order valence-corrected chi connectivity index (χ1v) is 11.4. The molecule has 11 nitrogen and oxygen atoms in total. The van der Waals surface area contributed by atoms with Crippen molar-refractivity contribution >= 4 is 51.5 Å². The lowest BCUT2D eigenvalue weighted by molar-refractivity contribution is -0.384.